The summed E-state index contributed by atoms with van der Waals surface area (Å²) in [5.41, 5.74) is 3.25. The van der Waals surface area contributed by atoms with Gasteiger partial charge in [0.15, 0.2) is 0 Å². The van der Waals surface area contributed by atoms with Crippen LogP contribution in [0.15, 0.2) is 59.5 Å². The molecule has 2 aliphatic heterocycles. The Kier molecular flexibility index (Phi) is 7.86. The SMILES string of the molecule is Cc1ccc(S(=O)(=O)N2CCC(C(=O)N3CCN(C/C=C/c4ccccc4)CC3)CC2)cc1C. The van der Waals surface area contributed by atoms with E-state index in [2.05, 4.69) is 29.2 Å². The van der Waals surface area contributed by atoms with E-state index in [1.165, 1.54) is 9.87 Å². The molecule has 7 heteroatoms. The van der Waals surface area contributed by atoms with Crippen LogP contribution in [0.1, 0.15) is 29.5 Å². The highest BCUT2D eigenvalue weighted by molar-refractivity contribution is 7.89. The third kappa shape index (κ3) is 5.77. The van der Waals surface area contributed by atoms with Gasteiger partial charge in [-0.3, -0.25) is 9.69 Å². The monoisotopic (exact) mass is 481 g/mol. The second-order valence-corrected chi connectivity index (χ2v) is 11.3. The molecule has 2 aromatic carbocycles. The van der Waals surface area contributed by atoms with Crippen LogP contribution < -0.4 is 0 Å². The zero-order valence-electron chi connectivity index (χ0n) is 20.2. The Morgan fingerprint density at radius 3 is 2.24 bits per heavy atom. The first-order valence-electron chi connectivity index (χ1n) is 12.1. The van der Waals surface area contributed by atoms with E-state index in [1.807, 2.05) is 43.0 Å². The van der Waals surface area contributed by atoms with Crippen LogP contribution in [0.4, 0.5) is 0 Å². The lowest BCUT2D eigenvalue weighted by molar-refractivity contribution is -0.138. The van der Waals surface area contributed by atoms with E-state index < -0.39 is 10.0 Å². The lowest BCUT2D eigenvalue weighted by Gasteiger charge is -2.38. The van der Waals surface area contributed by atoms with Gasteiger partial charge in [0.1, 0.15) is 0 Å². The van der Waals surface area contributed by atoms with E-state index in [-0.39, 0.29) is 11.8 Å². The number of amides is 1. The van der Waals surface area contributed by atoms with Crippen LogP contribution in [0, 0.1) is 19.8 Å². The molecule has 0 N–H and O–H groups in total. The predicted molar refractivity (Wildman–Crippen MR) is 136 cm³/mol. The number of piperazine rings is 1. The fourth-order valence-electron chi connectivity index (χ4n) is 4.68. The second-order valence-electron chi connectivity index (χ2n) is 9.36. The van der Waals surface area contributed by atoms with Gasteiger partial charge in [0.25, 0.3) is 0 Å². The maximum atomic E-state index is 13.1. The van der Waals surface area contributed by atoms with Gasteiger partial charge in [0, 0.05) is 51.7 Å². The third-order valence-corrected chi connectivity index (χ3v) is 8.97. The molecule has 2 aromatic rings. The fourth-order valence-corrected chi connectivity index (χ4v) is 6.23. The van der Waals surface area contributed by atoms with E-state index in [9.17, 15) is 13.2 Å². The maximum absolute atomic E-state index is 13.1. The number of rotatable bonds is 6. The first-order valence-corrected chi connectivity index (χ1v) is 13.6. The minimum absolute atomic E-state index is 0.0873. The Balaban J connectivity index is 1.24. The minimum Gasteiger partial charge on any atom is -0.340 e. The zero-order chi connectivity index (χ0) is 24.1. The van der Waals surface area contributed by atoms with Crippen LogP contribution in [0.5, 0.6) is 0 Å². The number of carbonyl (C=O) groups is 1. The van der Waals surface area contributed by atoms with Crippen molar-refractivity contribution in [3.63, 3.8) is 0 Å². The number of piperidine rings is 1. The highest BCUT2D eigenvalue weighted by atomic mass is 32.2. The number of carbonyl (C=O) groups excluding carboxylic acids is 1. The van der Waals surface area contributed by atoms with Gasteiger partial charge in [-0.1, -0.05) is 48.6 Å². The summed E-state index contributed by atoms with van der Waals surface area (Å²) in [6.07, 6.45) is 5.49. The average molecular weight is 482 g/mol. The molecular weight excluding hydrogens is 446 g/mol. The quantitative estimate of drug-likeness (QED) is 0.633. The Bertz CT molecular complexity index is 1120. The van der Waals surface area contributed by atoms with E-state index >= 15 is 0 Å². The molecule has 0 spiro atoms. The molecule has 0 atom stereocenters. The van der Waals surface area contributed by atoms with Crippen molar-refractivity contribution in [3.05, 3.63) is 71.3 Å². The Hall–Kier alpha value is -2.48. The van der Waals surface area contributed by atoms with Gasteiger partial charge >= 0.3 is 0 Å². The maximum Gasteiger partial charge on any atom is 0.243 e. The van der Waals surface area contributed by atoms with E-state index in [0.29, 0.717) is 30.8 Å². The van der Waals surface area contributed by atoms with Crippen molar-refractivity contribution >= 4 is 22.0 Å². The van der Waals surface area contributed by atoms with Gasteiger partial charge < -0.3 is 4.90 Å². The topological polar surface area (TPSA) is 60.9 Å². The molecule has 182 valence electrons. The van der Waals surface area contributed by atoms with Crippen molar-refractivity contribution in [1.82, 2.24) is 14.1 Å². The highest BCUT2D eigenvalue weighted by Crippen LogP contribution is 2.26. The first kappa shape index (κ1) is 24.6. The Morgan fingerprint density at radius 1 is 0.912 bits per heavy atom. The molecule has 0 unspecified atom stereocenters. The standard InChI is InChI=1S/C27H35N3O3S/c1-22-10-11-26(21-23(22)2)34(32,33)30-15-12-25(13-16-30)27(31)29-19-17-28(18-20-29)14-6-9-24-7-4-3-5-8-24/h3-11,21,25H,12-20H2,1-2H3/b9-6+. The van der Waals surface area contributed by atoms with Gasteiger partial charge in [-0.15, -0.1) is 0 Å². The molecule has 0 aliphatic carbocycles. The summed E-state index contributed by atoms with van der Waals surface area (Å²) in [5.74, 6) is 0.0958. The number of benzene rings is 2. The van der Waals surface area contributed by atoms with Crippen LogP contribution in [-0.2, 0) is 14.8 Å². The molecular formula is C27H35N3O3S. The number of nitrogens with zero attached hydrogens (tertiary/aromatic N) is 3. The van der Waals surface area contributed by atoms with Crippen LogP contribution in [0.3, 0.4) is 0 Å². The molecule has 0 saturated carbocycles. The summed E-state index contributed by atoms with van der Waals surface area (Å²) in [5, 5.41) is 0. The van der Waals surface area contributed by atoms with Gasteiger partial charge in [0.2, 0.25) is 15.9 Å². The first-order chi connectivity index (χ1) is 16.3. The minimum atomic E-state index is -3.52. The number of aryl methyl sites for hydroxylation is 2. The normalized spacial score (nSPS) is 19.1. The smallest absolute Gasteiger partial charge is 0.243 e. The molecule has 0 aromatic heterocycles. The molecule has 2 aliphatic rings. The summed E-state index contributed by atoms with van der Waals surface area (Å²) in [7, 11) is -3.52. The summed E-state index contributed by atoms with van der Waals surface area (Å²) in [6.45, 7) is 8.79. The largest absolute Gasteiger partial charge is 0.340 e. The van der Waals surface area contributed by atoms with Crippen LogP contribution >= 0.6 is 0 Å². The highest BCUT2D eigenvalue weighted by Gasteiger charge is 2.34. The molecule has 0 bridgehead atoms. The van der Waals surface area contributed by atoms with Crippen LogP contribution in [0.25, 0.3) is 6.08 Å². The fraction of sp³-hybridized carbons (Fsp3) is 0.444. The molecule has 34 heavy (non-hydrogen) atoms. The lowest BCUT2D eigenvalue weighted by atomic mass is 9.96. The number of hydrogen-bond acceptors (Lipinski definition) is 4. The number of sulfonamides is 1. The van der Waals surface area contributed by atoms with Crippen LogP contribution in [-0.4, -0.2) is 74.2 Å². The van der Waals surface area contributed by atoms with E-state index in [0.717, 1.165) is 43.9 Å². The summed E-state index contributed by atoms with van der Waals surface area (Å²) >= 11 is 0. The summed E-state index contributed by atoms with van der Waals surface area (Å²) in [4.78, 5) is 17.8. The number of hydrogen-bond donors (Lipinski definition) is 0. The molecule has 1 amide bonds. The van der Waals surface area contributed by atoms with Crippen molar-refractivity contribution in [2.24, 2.45) is 5.92 Å². The molecule has 2 heterocycles. The van der Waals surface area contributed by atoms with Crippen molar-refractivity contribution in [1.29, 1.82) is 0 Å². The van der Waals surface area contributed by atoms with Crippen molar-refractivity contribution < 1.29 is 13.2 Å². The van der Waals surface area contributed by atoms with E-state index in [1.54, 1.807) is 12.1 Å². The van der Waals surface area contributed by atoms with Gasteiger partial charge in [0.05, 0.1) is 4.90 Å². The third-order valence-electron chi connectivity index (χ3n) is 7.08. The van der Waals surface area contributed by atoms with Gasteiger partial charge in [-0.25, -0.2) is 8.42 Å². The van der Waals surface area contributed by atoms with Gasteiger partial charge in [-0.2, -0.15) is 4.31 Å². The average Bonchev–Trinajstić information content (AvgIpc) is 2.86. The Morgan fingerprint density at radius 2 is 1.59 bits per heavy atom. The van der Waals surface area contributed by atoms with Crippen molar-refractivity contribution in [3.8, 4) is 0 Å². The summed E-state index contributed by atoms with van der Waals surface area (Å²) in [6, 6.07) is 15.6. The zero-order valence-corrected chi connectivity index (χ0v) is 21.0. The summed E-state index contributed by atoms with van der Waals surface area (Å²) < 4.78 is 27.7. The predicted octanol–water partition coefficient (Wildman–Crippen LogP) is 3.56. The van der Waals surface area contributed by atoms with Crippen LogP contribution in [0.2, 0.25) is 0 Å². The Labute approximate surface area is 203 Å². The van der Waals surface area contributed by atoms with E-state index in [4.69, 9.17) is 0 Å². The molecule has 6 nitrogen and oxygen atoms in total. The van der Waals surface area contributed by atoms with Crippen molar-refractivity contribution in [2.75, 3.05) is 45.8 Å². The van der Waals surface area contributed by atoms with Crippen molar-refractivity contribution in [2.45, 2.75) is 31.6 Å². The van der Waals surface area contributed by atoms with Gasteiger partial charge in [-0.05, 0) is 55.5 Å². The lowest BCUT2D eigenvalue weighted by Crippen LogP contribution is -2.51. The second kappa shape index (κ2) is 10.8. The molecule has 2 saturated heterocycles. The molecule has 4 rings (SSSR count). The molecule has 0 radical (unpaired) electrons. The molecule has 2 fully saturated rings.